The van der Waals surface area contributed by atoms with Gasteiger partial charge in [0.15, 0.2) is 11.5 Å². The van der Waals surface area contributed by atoms with Crippen LogP contribution in [0.15, 0.2) is 48.5 Å². The third kappa shape index (κ3) is 5.73. The average molecular weight is 397 g/mol. The smallest absolute Gasteiger partial charge is 0.306 e. The lowest BCUT2D eigenvalue weighted by Gasteiger charge is -2.25. The van der Waals surface area contributed by atoms with Gasteiger partial charge in [0.05, 0.1) is 13.0 Å². The molecular weight excluding hydrogens is 370 g/mol. The maximum absolute atomic E-state index is 12.5. The predicted octanol–water partition coefficient (Wildman–Crippen LogP) is 3.78. The minimum absolute atomic E-state index is 0.0840. The number of ether oxygens (including phenoxy) is 2. The zero-order valence-electron chi connectivity index (χ0n) is 16.6. The maximum atomic E-state index is 12.5. The first kappa shape index (κ1) is 20.7. The number of methoxy groups -OCH3 is 1. The summed E-state index contributed by atoms with van der Waals surface area (Å²) in [4.78, 5) is 23.7. The molecule has 0 saturated heterocycles. The predicted molar refractivity (Wildman–Crippen MR) is 109 cm³/mol. The van der Waals surface area contributed by atoms with E-state index in [1.807, 2.05) is 48.5 Å². The molecule has 29 heavy (non-hydrogen) atoms. The third-order valence-corrected chi connectivity index (χ3v) is 5.33. The first-order chi connectivity index (χ1) is 14.1. The van der Waals surface area contributed by atoms with Crippen LogP contribution in [-0.4, -0.2) is 24.1 Å². The Morgan fingerprint density at radius 1 is 1.03 bits per heavy atom. The number of hydrogen-bond acceptors (Lipinski definition) is 4. The summed E-state index contributed by atoms with van der Waals surface area (Å²) in [5.41, 5.74) is 1.96. The van der Waals surface area contributed by atoms with Gasteiger partial charge in [-0.3, -0.25) is 9.59 Å². The normalized spacial score (nSPS) is 18.7. The molecule has 2 aromatic rings. The Morgan fingerprint density at radius 2 is 1.79 bits per heavy atom. The van der Waals surface area contributed by atoms with Gasteiger partial charge < -0.3 is 19.9 Å². The first-order valence-electron chi connectivity index (χ1n) is 9.91. The SMILES string of the molecule is COc1cc(CNC(=O)C2CCCC(C(=O)O)C2)ccc1OCc1ccccc1. The van der Waals surface area contributed by atoms with Crippen LogP contribution in [-0.2, 0) is 22.7 Å². The summed E-state index contributed by atoms with van der Waals surface area (Å²) in [7, 11) is 1.58. The van der Waals surface area contributed by atoms with Gasteiger partial charge in [-0.15, -0.1) is 0 Å². The molecule has 6 nitrogen and oxygen atoms in total. The van der Waals surface area contributed by atoms with E-state index >= 15 is 0 Å². The summed E-state index contributed by atoms with van der Waals surface area (Å²) >= 11 is 0. The van der Waals surface area contributed by atoms with Crippen molar-refractivity contribution < 1.29 is 24.2 Å². The van der Waals surface area contributed by atoms with Crippen molar-refractivity contribution in [3.05, 3.63) is 59.7 Å². The largest absolute Gasteiger partial charge is 0.493 e. The molecule has 1 fully saturated rings. The molecule has 1 amide bonds. The van der Waals surface area contributed by atoms with Crippen molar-refractivity contribution in [3.63, 3.8) is 0 Å². The number of hydrogen-bond donors (Lipinski definition) is 2. The monoisotopic (exact) mass is 397 g/mol. The highest BCUT2D eigenvalue weighted by molar-refractivity contribution is 5.80. The summed E-state index contributed by atoms with van der Waals surface area (Å²) < 4.78 is 11.3. The van der Waals surface area contributed by atoms with Gasteiger partial charge in [0, 0.05) is 12.5 Å². The van der Waals surface area contributed by atoms with Gasteiger partial charge in [-0.25, -0.2) is 0 Å². The first-order valence-corrected chi connectivity index (χ1v) is 9.91. The molecule has 0 bridgehead atoms. The number of rotatable bonds is 8. The fourth-order valence-corrected chi connectivity index (χ4v) is 3.66. The molecule has 0 aliphatic heterocycles. The number of nitrogens with one attached hydrogen (secondary N) is 1. The van der Waals surface area contributed by atoms with Gasteiger partial charge in [-0.1, -0.05) is 42.8 Å². The second-order valence-electron chi connectivity index (χ2n) is 7.38. The van der Waals surface area contributed by atoms with Gasteiger partial charge >= 0.3 is 5.97 Å². The van der Waals surface area contributed by atoms with Crippen molar-refractivity contribution in [1.29, 1.82) is 0 Å². The molecule has 2 unspecified atom stereocenters. The van der Waals surface area contributed by atoms with Gasteiger partial charge in [0.2, 0.25) is 5.91 Å². The van der Waals surface area contributed by atoms with E-state index in [9.17, 15) is 14.7 Å². The Bertz CT molecular complexity index is 836. The van der Waals surface area contributed by atoms with Crippen molar-refractivity contribution in [2.45, 2.75) is 38.8 Å². The van der Waals surface area contributed by atoms with E-state index in [4.69, 9.17) is 9.47 Å². The second kappa shape index (κ2) is 9.96. The van der Waals surface area contributed by atoms with Crippen LogP contribution < -0.4 is 14.8 Å². The fourth-order valence-electron chi connectivity index (χ4n) is 3.66. The van der Waals surface area contributed by atoms with E-state index in [2.05, 4.69) is 5.32 Å². The van der Waals surface area contributed by atoms with Crippen LogP contribution >= 0.6 is 0 Å². The summed E-state index contributed by atoms with van der Waals surface area (Å²) in [5, 5.41) is 12.1. The second-order valence-corrected chi connectivity index (χ2v) is 7.38. The third-order valence-electron chi connectivity index (χ3n) is 5.33. The molecular formula is C23H27NO5. The van der Waals surface area contributed by atoms with E-state index in [1.165, 1.54) is 0 Å². The van der Waals surface area contributed by atoms with Crippen molar-refractivity contribution in [2.24, 2.45) is 11.8 Å². The lowest BCUT2D eigenvalue weighted by Crippen LogP contribution is -2.35. The molecule has 154 valence electrons. The van der Waals surface area contributed by atoms with Crippen molar-refractivity contribution in [1.82, 2.24) is 5.32 Å². The quantitative estimate of drug-likeness (QED) is 0.708. The number of aliphatic carboxylic acids is 1. The Labute approximate surface area is 170 Å². The van der Waals surface area contributed by atoms with Crippen LogP contribution in [0.4, 0.5) is 0 Å². The minimum atomic E-state index is -0.807. The lowest BCUT2D eigenvalue weighted by molar-refractivity contribution is -0.144. The van der Waals surface area contributed by atoms with Gasteiger partial charge in [0.1, 0.15) is 6.61 Å². The standard InChI is InChI=1S/C23H27NO5/c1-28-21-12-17(10-11-20(21)29-15-16-6-3-2-4-7-16)14-24-22(25)18-8-5-9-19(13-18)23(26)27/h2-4,6-7,10-12,18-19H,5,8-9,13-15H2,1H3,(H,24,25)(H,26,27). The van der Waals surface area contributed by atoms with Crippen molar-refractivity contribution >= 4 is 11.9 Å². The van der Waals surface area contributed by atoms with Crippen LogP contribution in [0.1, 0.15) is 36.8 Å². The van der Waals surface area contributed by atoms with E-state index in [-0.39, 0.29) is 11.8 Å². The number of benzene rings is 2. The number of amides is 1. The molecule has 3 rings (SSSR count). The maximum Gasteiger partial charge on any atom is 0.306 e. The van der Waals surface area contributed by atoms with E-state index < -0.39 is 11.9 Å². The molecule has 2 atom stereocenters. The highest BCUT2D eigenvalue weighted by Crippen LogP contribution is 2.30. The number of carboxylic acid groups (broad SMARTS) is 1. The highest BCUT2D eigenvalue weighted by atomic mass is 16.5. The minimum Gasteiger partial charge on any atom is -0.493 e. The summed E-state index contributed by atoms with van der Waals surface area (Å²) in [6.07, 6.45) is 2.58. The van der Waals surface area contributed by atoms with E-state index in [0.717, 1.165) is 24.0 Å². The molecule has 1 saturated carbocycles. The summed E-state index contributed by atoms with van der Waals surface area (Å²) in [6.45, 7) is 0.808. The van der Waals surface area contributed by atoms with E-state index in [0.29, 0.717) is 37.5 Å². The molecule has 1 aliphatic rings. The highest BCUT2D eigenvalue weighted by Gasteiger charge is 2.30. The fraction of sp³-hybridized carbons (Fsp3) is 0.391. The van der Waals surface area contributed by atoms with Crippen LogP contribution in [0, 0.1) is 11.8 Å². The summed E-state index contributed by atoms with van der Waals surface area (Å²) in [6, 6.07) is 15.5. The van der Waals surface area contributed by atoms with Gasteiger partial charge in [0.25, 0.3) is 0 Å². The Kier molecular flexibility index (Phi) is 7.11. The van der Waals surface area contributed by atoms with Crippen LogP contribution in [0.2, 0.25) is 0 Å². The Hall–Kier alpha value is -3.02. The molecule has 0 radical (unpaired) electrons. The molecule has 2 N–H and O–H groups in total. The number of carboxylic acids is 1. The Morgan fingerprint density at radius 3 is 2.52 bits per heavy atom. The number of carbonyl (C=O) groups excluding carboxylic acids is 1. The van der Waals surface area contributed by atoms with Gasteiger partial charge in [-0.05, 0) is 42.5 Å². The molecule has 0 spiro atoms. The van der Waals surface area contributed by atoms with Crippen LogP contribution in [0.5, 0.6) is 11.5 Å². The molecule has 0 aromatic heterocycles. The molecule has 2 aromatic carbocycles. The molecule has 6 heteroatoms. The van der Waals surface area contributed by atoms with Crippen molar-refractivity contribution in [2.75, 3.05) is 7.11 Å². The Balaban J connectivity index is 1.55. The number of carbonyl (C=O) groups is 2. The lowest BCUT2D eigenvalue weighted by atomic mass is 9.81. The van der Waals surface area contributed by atoms with Crippen LogP contribution in [0.25, 0.3) is 0 Å². The van der Waals surface area contributed by atoms with Crippen molar-refractivity contribution in [3.8, 4) is 11.5 Å². The topological polar surface area (TPSA) is 84.9 Å². The molecule has 1 aliphatic carbocycles. The van der Waals surface area contributed by atoms with Gasteiger partial charge in [-0.2, -0.15) is 0 Å². The zero-order chi connectivity index (χ0) is 20.6. The van der Waals surface area contributed by atoms with E-state index in [1.54, 1.807) is 7.11 Å². The van der Waals surface area contributed by atoms with Crippen LogP contribution in [0.3, 0.4) is 0 Å². The zero-order valence-corrected chi connectivity index (χ0v) is 16.6. The molecule has 0 heterocycles. The summed E-state index contributed by atoms with van der Waals surface area (Å²) in [5.74, 6) is -0.294. The average Bonchev–Trinajstić information content (AvgIpc) is 2.77.